The first kappa shape index (κ1) is 20.4. The van der Waals surface area contributed by atoms with Crippen LogP contribution in [0.2, 0.25) is 0 Å². The summed E-state index contributed by atoms with van der Waals surface area (Å²) in [5.41, 5.74) is 2.15. The number of amides is 3. The van der Waals surface area contributed by atoms with Gasteiger partial charge in [0.15, 0.2) is 0 Å². The van der Waals surface area contributed by atoms with Gasteiger partial charge in [0.1, 0.15) is 12.6 Å². The molecule has 0 N–H and O–H groups in total. The van der Waals surface area contributed by atoms with Gasteiger partial charge in [0, 0.05) is 23.9 Å². The third-order valence-corrected chi connectivity index (χ3v) is 5.36. The van der Waals surface area contributed by atoms with Crippen molar-refractivity contribution in [2.24, 2.45) is 5.92 Å². The first-order chi connectivity index (χ1) is 15.1. The zero-order chi connectivity index (χ0) is 21.8. The lowest BCUT2D eigenvalue weighted by Gasteiger charge is -2.28. The topological polar surface area (TPSA) is 76.2 Å². The van der Waals surface area contributed by atoms with Crippen molar-refractivity contribution in [3.05, 3.63) is 95.8 Å². The minimum Gasteiger partial charge on any atom is -0.452 e. The van der Waals surface area contributed by atoms with Crippen molar-refractivity contribution < 1.29 is 23.9 Å². The van der Waals surface area contributed by atoms with Gasteiger partial charge in [-0.05, 0) is 17.5 Å². The highest BCUT2D eigenvalue weighted by atomic mass is 16.6. The minimum absolute atomic E-state index is 0.0851. The number of hydrogen-bond acceptors (Lipinski definition) is 5. The third kappa shape index (κ3) is 4.21. The second-order valence-electron chi connectivity index (χ2n) is 7.28. The van der Waals surface area contributed by atoms with E-state index in [0.717, 1.165) is 16.0 Å². The van der Waals surface area contributed by atoms with Gasteiger partial charge in [0.25, 0.3) is 5.91 Å². The Labute approximate surface area is 180 Å². The van der Waals surface area contributed by atoms with Gasteiger partial charge in [-0.2, -0.15) is 0 Å². The molecule has 158 valence electrons. The summed E-state index contributed by atoms with van der Waals surface area (Å²) in [4.78, 5) is 40.5. The van der Waals surface area contributed by atoms with Crippen LogP contribution in [0.1, 0.15) is 17.2 Å². The average Bonchev–Trinajstić information content (AvgIpc) is 3.21. The highest BCUT2D eigenvalue weighted by Crippen LogP contribution is 2.33. The fourth-order valence-electron chi connectivity index (χ4n) is 3.77. The van der Waals surface area contributed by atoms with Gasteiger partial charge in [-0.25, -0.2) is 14.5 Å². The maximum absolute atomic E-state index is 13.6. The Balaban J connectivity index is 1.67. The zero-order valence-electron chi connectivity index (χ0n) is 17.0. The Bertz CT molecular complexity index is 1030. The Hall–Kier alpha value is -3.87. The minimum atomic E-state index is -0.697. The summed E-state index contributed by atoms with van der Waals surface area (Å²) in [6, 6.07) is 18.5. The highest BCUT2D eigenvalue weighted by molar-refractivity contribution is 6.04. The molecule has 0 saturated carbocycles. The fourth-order valence-corrected chi connectivity index (χ4v) is 3.77. The molecule has 4 rings (SSSR count). The SMILES string of the molecule is COC(=O)N1C=C[C@H](Cc2ccccc2)C(C(=O)N2C(=O)OC[C@@H]2c2ccccc2)=C1. The average molecular weight is 418 g/mol. The number of carbonyl (C=O) groups excluding carboxylic acids is 3. The van der Waals surface area contributed by atoms with Gasteiger partial charge in [0.05, 0.1) is 7.11 Å². The molecule has 7 heteroatoms. The lowest BCUT2D eigenvalue weighted by Crippen LogP contribution is -2.39. The molecular weight excluding hydrogens is 396 g/mol. The van der Waals surface area contributed by atoms with Crippen molar-refractivity contribution in [1.82, 2.24) is 9.80 Å². The molecule has 0 radical (unpaired) electrons. The second kappa shape index (κ2) is 8.87. The van der Waals surface area contributed by atoms with E-state index < -0.39 is 24.1 Å². The molecule has 0 unspecified atom stereocenters. The molecule has 2 aromatic carbocycles. The van der Waals surface area contributed by atoms with Crippen LogP contribution in [-0.4, -0.2) is 41.6 Å². The van der Waals surface area contributed by atoms with Crippen LogP contribution >= 0.6 is 0 Å². The molecule has 2 aliphatic heterocycles. The molecule has 0 bridgehead atoms. The van der Waals surface area contributed by atoms with E-state index in [1.807, 2.05) is 60.7 Å². The lowest BCUT2D eigenvalue weighted by atomic mass is 9.89. The van der Waals surface area contributed by atoms with Crippen LogP contribution in [0.15, 0.2) is 84.7 Å². The normalized spacial score (nSPS) is 20.3. The van der Waals surface area contributed by atoms with E-state index in [0.29, 0.717) is 12.0 Å². The summed E-state index contributed by atoms with van der Waals surface area (Å²) in [5.74, 6) is -0.809. The molecule has 1 fully saturated rings. The van der Waals surface area contributed by atoms with Crippen LogP contribution in [0, 0.1) is 5.92 Å². The van der Waals surface area contributed by atoms with Crippen LogP contribution in [-0.2, 0) is 20.7 Å². The molecule has 7 nitrogen and oxygen atoms in total. The summed E-state index contributed by atoms with van der Waals surface area (Å²) in [6.45, 7) is 0.0851. The van der Waals surface area contributed by atoms with Crippen molar-refractivity contribution in [3.63, 3.8) is 0 Å². The summed E-state index contributed by atoms with van der Waals surface area (Å²) >= 11 is 0. The molecule has 2 aromatic rings. The number of cyclic esters (lactones) is 1. The molecule has 3 amide bonds. The summed E-state index contributed by atoms with van der Waals surface area (Å²) in [6.07, 6.45) is 4.02. The van der Waals surface area contributed by atoms with Gasteiger partial charge in [-0.1, -0.05) is 66.7 Å². The van der Waals surface area contributed by atoms with Crippen molar-refractivity contribution in [2.75, 3.05) is 13.7 Å². The molecule has 1 saturated heterocycles. The summed E-state index contributed by atoms with van der Waals surface area (Å²) in [7, 11) is 1.27. The van der Waals surface area contributed by atoms with Crippen molar-refractivity contribution >= 4 is 18.1 Å². The molecule has 0 aliphatic carbocycles. The van der Waals surface area contributed by atoms with E-state index in [4.69, 9.17) is 9.47 Å². The number of methoxy groups -OCH3 is 1. The van der Waals surface area contributed by atoms with E-state index in [9.17, 15) is 14.4 Å². The largest absolute Gasteiger partial charge is 0.452 e. The van der Waals surface area contributed by atoms with Gasteiger partial charge in [-0.15, -0.1) is 0 Å². The monoisotopic (exact) mass is 418 g/mol. The number of ether oxygens (including phenoxy) is 2. The Kier molecular flexibility index (Phi) is 5.84. The summed E-state index contributed by atoms with van der Waals surface area (Å²) < 4.78 is 9.99. The second-order valence-corrected chi connectivity index (χ2v) is 7.28. The third-order valence-electron chi connectivity index (χ3n) is 5.36. The van der Waals surface area contributed by atoms with Crippen LogP contribution in [0.3, 0.4) is 0 Å². The van der Waals surface area contributed by atoms with E-state index in [1.54, 1.807) is 12.3 Å². The molecule has 0 spiro atoms. The molecular formula is C24H22N2O5. The molecule has 2 aliphatic rings. The van der Waals surface area contributed by atoms with Crippen molar-refractivity contribution in [1.29, 1.82) is 0 Å². The van der Waals surface area contributed by atoms with Crippen LogP contribution in [0.5, 0.6) is 0 Å². The van der Waals surface area contributed by atoms with E-state index in [-0.39, 0.29) is 12.5 Å². The predicted molar refractivity (Wildman–Crippen MR) is 112 cm³/mol. The Morgan fingerprint density at radius 1 is 1.06 bits per heavy atom. The van der Waals surface area contributed by atoms with Crippen LogP contribution in [0.25, 0.3) is 0 Å². The van der Waals surface area contributed by atoms with Crippen LogP contribution in [0.4, 0.5) is 9.59 Å². The molecule has 2 atom stereocenters. The number of allylic oxidation sites excluding steroid dienone is 1. The van der Waals surface area contributed by atoms with Gasteiger partial charge in [0.2, 0.25) is 0 Å². The Morgan fingerprint density at radius 3 is 2.42 bits per heavy atom. The van der Waals surface area contributed by atoms with Crippen LogP contribution < -0.4 is 0 Å². The van der Waals surface area contributed by atoms with Crippen molar-refractivity contribution in [3.8, 4) is 0 Å². The number of rotatable bonds is 4. The standard InChI is InChI=1S/C24H22N2O5/c1-30-23(28)25-13-12-19(14-17-8-4-2-5-9-17)20(15-25)22(27)26-21(16-31-24(26)29)18-10-6-3-7-11-18/h2-13,15,19,21H,14,16H2,1H3/t19-,21-/m1/s1. The fraction of sp³-hybridized carbons (Fsp3) is 0.208. The van der Waals surface area contributed by atoms with Gasteiger partial charge < -0.3 is 9.47 Å². The lowest BCUT2D eigenvalue weighted by molar-refractivity contribution is -0.125. The van der Waals surface area contributed by atoms with E-state index in [2.05, 4.69) is 0 Å². The highest BCUT2D eigenvalue weighted by Gasteiger charge is 2.42. The Morgan fingerprint density at radius 2 is 1.74 bits per heavy atom. The summed E-state index contributed by atoms with van der Waals surface area (Å²) in [5, 5.41) is 0. The number of nitrogens with zero attached hydrogens (tertiary/aromatic N) is 2. The number of imide groups is 1. The zero-order valence-corrected chi connectivity index (χ0v) is 17.0. The van der Waals surface area contributed by atoms with Gasteiger partial charge in [-0.3, -0.25) is 9.69 Å². The van der Waals surface area contributed by atoms with E-state index in [1.165, 1.54) is 18.2 Å². The molecule has 31 heavy (non-hydrogen) atoms. The number of carbonyl (C=O) groups is 3. The van der Waals surface area contributed by atoms with Crippen molar-refractivity contribution in [2.45, 2.75) is 12.5 Å². The number of hydrogen-bond donors (Lipinski definition) is 0. The number of benzene rings is 2. The van der Waals surface area contributed by atoms with E-state index >= 15 is 0 Å². The smallest absolute Gasteiger partial charge is 0.417 e. The van der Waals surface area contributed by atoms with Gasteiger partial charge >= 0.3 is 12.2 Å². The quantitative estimate of drug-likeness (QED) is 0.749. The molecule has 2 heterocycles. The maximum Gasteiger partial charge on any atom is 0.417 e. The molecule has 0 aromatic heterocycles. The first-order valence-electron chi connectivity index (χ1n) is 9.94. The maximum atomic E-state index is 13.6. The first-order valence-corrected chi connectivity index (χ1v) is 9.94. The predicted octanol–water partition coefficient (Wildman–Crippen LogP) is 4.05.